The highest BCUT2D eigenvalue weighted by Crippen LogP contribution is 2.27. The van der Waals surface area contributed by atoms with Gasteiger partial charge in [0.15, 0.2) is 0 Å². The zero-order valence-corrected chi connectivity index (χ0v) is 23.4. The molecule has 0 saturated carbocycles. The molecule has 1 aliphatic heterocycles. The Bertz CT molecular complexity index is 1470. The number of rotatable bonds is 8. The molecule has 1 saturated heterocycles. The van der Waals surface area contributed by atoms with Crippen LogP contribution in [0.5, 0.6) is 5.75 Å². The molecule has 4 aromatic rings. The molecule has 5 rings (SSSR count). The first-order chi connectivity index (χ1) is 18.9. The second-order valence-electron chi connectivity index (χ2n) is 10.2. The third-order valence-electron chi connectivity index (χ3n) is 7.28. The van der Waals surface area contributed by atoms with E-state index in [4.69, 9.17) is 4.98 Å². The lowest BCUT2D eigenvalue weighted by Gasteiger charge is -2.26. The highest BCUT2D eigenvalue weighted by atomic mass is 16.3. The van der Waals surface area contributed by atoms with E-state index >= 15 is 0 Å². The van der Waals surface area contributed by atoms with Crippen LogP contribution in [0.3, 0.4) is 0 Å². The molecule has 2 N–H and O–H groups in total. The van der Waals surface area contributed by atoms with Crippen molar-refractivity contribution in [3.05, 3.63) is 76.2 Å². The van der Waals surface area contributed by atoms with Gasteiger partial charge in [-0.05, 0) is 44.7 Å². The van der Waals surface area contributed by atoms with E-state index in [1.54, 1.807) is 16.5 Å². The number of fused-ring (bicyclic) bond motifs is 1. The summed E-state index contributed by atoms with van der Waals surface area (Å²) in [5, 5.41) is 12.1. The van der Waals surface area contributed by atoms with Crippen molar-refractivity contribution >= 4 is 23.6 Å². The molecular weight excluding hydrogens is 490 g/mol. The first-order valence-electron chi connectivity index (χ1n) is 13.8. The number of hydrogen-bond acceptors (Lipinski definition) is 6. The van der Waals surface area contributed by atoms with Crippen LogP contribution in [-0.4, -0.2) is 45.0 Å². The maximum absolute atomic E-state index is 12.9. The Hall–Kier alpha value is -4.07. The van der Waals surface area contributed by atoms with Crippen molar-refractivity contribution in [3.63, 3.8) is 0 Å². The number of nitrogens with zero attached hydrogens (tertiary/aromatic N) is 4. The maximum Gasteiger partial charge on any atom is 0.261 e. The van der Waals surface area contributed by atoms with Crippen molar-refractivity contribution in [2.45, 2.75) is 65.5 Å². The molecule has 206 valence electrons. The first kappa shape index (κ1) is 28.0. The van der Waals surface area contributed by atoms with Gasteiger partial charge in [-0.15, -0.1) is 0 Å². The Kier molecular flexibility index (Phi) is 9.07. The molecule has 2 aromatic carbocycles. The molecule has 8 nitrogen and oxygen atoms in total. The van der Waals surface area contributed by atoms with Crippen molar-refractivity contribution in [1.82, 2.24) is 14.0 Å². The van der Waals surface area contributed by atoms with Crippen molar-refractivity contribution < 1.29 is 9.90 Å². The van der Waals surface area contributed by atoms with Crippen molar-refractivity contribution in [3.8, 4) is 17.0 Å². The molecular formula is C31H39N5O3. The van der Waals surface area contributed by atoms with Crippen LogP contribution >= 0.6 is 0 Å². The van der Waals surface area contributed by atoms with Crippen molar-refractivity contribution in [2.24, 2.45) is 0 Å². The molecule has 1 atom stereocenters. The molecule has 0 radical (unpaired) electrons. The number of unbranched alkanes of at least 4 members (excludes halogenated alkanes) is 2. The van der Waals surface area contributed by atoms with E-state index in [2.05, 4.69) is 40.8 Å². The summed E-state index contributed by atoms with van der Waals surface area (Å²) in [6, 6.07) is 15.2. The van der Waals surface area contributed by atoms with Gasteiger partial charge in [-0.1, -0.05) is 55.7 Å². The maximum atomic E-state index is 12.9. The molecule has 1 aliphatic rings. The monoisotopic (exact) mass is 529 g/mol. The minimum absolute atomic E-state index is 0.107. The number of aromatic hydroxyl groups is 1. The van der Waals surface area contributed by atoms with Crippen LogP contribution in [0.25, 0.3) is 17.0 Å². The highest BCUT2D eigenvalue weighted by Gasteiger charge is 2.27. The van der Waals surface area contributed by atoms with E-state index in [1.807, 2.05) is 44.4 Å². The topological polar surface area (TPSA) is 91.9 Å². The van der Waals surface area contributed by atoms with Gasteiger partial charge in [0, 0.05) is 49.7 Å². The lowest BCUT2D eigenvalue weighted by Crippen LogP contribution is -2.35. The van der Waals surface area contributed by atoms with E-state index in [9.17, 15) is 14.7 Å². The van der Waals surface area contributed by atoms with Gasteiger partial charge in [-0.2, -0.15) is 0 Å². The Balaban J connectivity index is 0.000000298. The smallest absolute Gasteiger partial charge is 0.261 e. The summed E-state index contributed by atoms with van der Waals surface area (Å²) in [6.07, 6.45) is 7.86. The predicted molar refractivity (Wildman–Crippen MR) is 158 cm³/mol. The Morgan fingerprint density at radius 1 is 1.10 bits per heavy atom. The minimum atomic E-state index is -0.166. The first-order valence-corrected chi connectivity index (χ1v) is 13.8. The lowest BCUT2D eigenvalue weighted by atomic mass is 10.1. The summed E-state index contributed by atoms with van der Waals surface area (Å²) in [7, 11) is 1.82. The van der Waals surface area contributed by atoms with Gasteiger partial charge in [0.05, 0.1) is 11.7 Å². The molecule has 8 heteroatoms. The van der Waals surface area contributed by atoms with Gasteiger partial charge in [0.1, 0.15) is 17.9 Å². The number of anilines is 2. The summed E-state index contributed by atoms with van der Waals surface area (Å²) in [6.45, 7) is 7.67. The number of carbonyl (C=O) groups excluding carboxylic acids is 1. The quantitative estimate of drug-likeness (QED) is 0.229. The van der Waals surface area contributed by atoms with E-state index in [-0.39, 0.29) is 11.6 Å². The van der Waals surface area contributed by atoms with Crippen LogP contribution in [0.4, 0.5) is 11.5 Å². The van der Waals surface area contributed by atoms with Gasteiger partial charge < -0.3 is 20.1 Å². The molecule has 3 heterocycles. The fourth-order valence-electron chi connectivity index (χ4n) is 4.90. The number of carbonyl (C=O) groups is 1. The molecule has 0 amide bonds. The second kappa shape index (κ2) is 12.7. The minimum Gasteiger partial charge on any atom is -0.508 e. The average Bonchev–Trinajstić information content (AvgIpc) is 3.60. The zero-order valence-electron chi connectivity index (χ0n) is 23.4. The summed E-state index contributed by atoms with van der Waals surface area (Å²) in [4.78, 5) is 31.4. The molecule has 0 aliphatic carbocycles. The summed E-state index contributed by atoms with van der Waals surface area (Å²) < 4.78 is 3.76. The highest BCUT2D eigenvalue weighted by molar-refractivity contribution is 5.68. The molecule has 39 heavy (non-hydrogen) atoms. The van der Waals surface area contributed by atoms with Crippen LogP contribution in [0.15, 0.2) is 59.5 Å². The molecule has 0 bridgehead atoms. The van der Waals surface area contributed by atoms with Crippen LogP contribution in [0, 0.1) is 13.8 Å². The fraction of sp³-hybridized carbons (Fsp3) is 0.387. The van der Waals surface area contributed by atoms with Crippen LogP contribution in [0.1, 0.15) is 50.2 Å². The number of imidazole rings is 1. The fourth-order valence-corrected chi connectivity index (χ4v) is 4.90. The van der Waals surface area contributed by atoms with Gasteiger partial charge in [-0.3, -0.25) is 13.8 Å². The Labute approximate surface area is 229 Å². The number of benzene rings is 2. The van der Waals surface area contributed by atoms with Crippen LogP contribution in [0.2, 0.25) is 0 Å². The van der Waals surface area contributed by atoms with E-state index < -0.39 is 0 Å². The van der Waals surface area contributed by atoms with E-state index in [0.717, 1.165) is 79.8 Å². The molecule has 1 unspecified atom stereocenters. The number of aldehydes is 1. The SMILES string of the molecule is CCCCCn1c(N2CCCC2C=O)cc(=O)n2cc(-c3ccc(C)cc3)nc12.CNc1ccc(C)c(O)c1. The summed E-state index contributed by atoms with van der Waals surface area (Å²) >= 11 is 0. The predicted octanol–water partition coefficient (Wildman–Crippen LogP) is 5.57. The molecule has 2 aromatic heterocycles. The van der Waals surface area contributed by atoms with Crippen LogP contribution in [-0.2, 0) is 11.3 Å². The van der Waals surface area contributed by atoms with Gasteiger partial charge in [0.25, 0.3) is 5.56 Å². The van der Waals surface area contributed by atoms with Gasteiger partial charge >= 0.3 is 0 Å². The lowest BCUT2D eigenvalue weighted by molar-refractivity contribution is -0.108. The number of hydrogen-bond donors (Lipinski definition) is 2. The number of aryl methyl sites for hydroxylation is 3. The van der Waals surface area contributed by atoms with E-state index in [0.29, 0.717) is 11.5 Å². The summed E-state index contributed by atoms with van der Waals surface area (Å²) in [5.74, 6) is 1.80. The zero-order chi connectivity index (χ0) is 27.9. The number of nitrogens with one attached hydrogen (secondary N) is 1. The Morgan fingerprint density at radius 3 is 2.54 bits per heavy atom. The third kappa shape index (κ3) is 6.33. The van der Waals surface area contributed by atoms with E-state index in [1.165, 1.54) is 5.56 Å². The average molecular weight is 530 g/mol. The number of aromatic nitrogens is 3. The second-order valence-corrected chi connectivity index (χ2v) is 10.2. The molecule has 0 spiro atoms. The third-order valence-corrected chi connectivity index (χ3v) is 7.28. The van der Waals surface area contributed by atoms with Crippen LogP contribution < -0.4 is 15.8 Å². The Morgan fingerprint density at radius 2 is 1.87 bits per heavy atom. The molecule has 1 fully saturated rings. The largest absolute Gasteiger partial charge is 0.508 e. The van der Waals surface area contributed by atoms with Crippen molar-refractivity contribution in [2.75, 3.05) is 23.8 Å². The van der Waals surface area contributed by atoms with Gasteiger partial charge in [0.2, 0.25) is 5.78 Å². The number of phenols is 1. The van der Waals surface area contributed by atoms with Crippen molar-refractivity contribution in [1.29, 1.82) is 0 Å². The normalized spacial score (nSPS) is 14.8. The standard InChI is InChI=1S/C23H28N4O2.C8H11NO/c1-3-4-5-12-26-21(25-13-6-7-19(25)16-28)14-22(29)27-15-20(24-23(26)27)18-10-8-17(2)9-11-18;1-6-3-4-7(9-2)5-8(6)10/h8-11,14-16,19H,3-7,12-13H2,1-2H3;3-5,9-10H,1-2H3. The number of phenolic OH excluding ortho intramolecular Hbond substituents is 1. The summed E-state index contributed by atoms with van der Waals surface area (Å²) in [5.41, 5.74) is 4.70. The van der Waals surface area contributed by atoms with Gasteiger partial charge in [-0.25, -0.2) is 4.98 Å².